The van der Waals surface area contributed by atoms with Crippen LogP contribution in [0.2, 0.25) is 0 Å². The zero-order valence-electron chi connectivity index (χ0n) is 8.66. The summed E-state index contributed by atoms with van der Waals surface area (Å²) in [6, 6.07) is 3.44. The molecule has 0 aliphatic heterocycles. The first kappa shape index (κ1) is 11.2. The van der Waals surface area contributed by atoms with Crippen molar-refractivity contribution in [2.75, 3.05) is 11.9 Å². The maximum atomic E-state index is 10.8. The van der Waals surface area contributed by atoms with Crippen molar-refractivity contribution < 1.29 is 9.90 Å². The van der Waals surface area contributed by atoms with Gasteiger partial charge in [-0.25, -0.2) is 4.98 Å². The molecule has 1 aromatic heterocycles. The molecule has 0 radical (unpaired) electrons. The molecule has 1 aromatic rings. The van der Waals surface area contributed by atoms with E-state index in [9.17, 15) is 4.79 Å². The van der Waals surface area contributed by atoms with Crippen molar-refractivity contribution in [3.05, 3.63) is 23.4 Å². The number of aryl methyl sites for hydroxylation is 1. The fraction of sp³-hybridized carbons (Fsp3) is 0.273. The fourth-order valence-electron chi connectivity index (χ4n) is 1.08. The first-order valence-electron chi connectivity index (χ1n) is 4.48. The quantitative estimate of drug-likeness (QED) is 0.662. The number of pyridine rings is 1. The first-order chi connectivity index (χ1) is 7.13. The van der Waals surface area contributed by atoms with Gasteiger partial charge in [-0.15, -0.1) is 0 Å². The van der Waals surface area contributed by atoms with E-state index in [0.29, 0.717) is 5.82 Å². The van der Waals surface area contributed by atoms with Crippen molar-refractivity contribution in [2.24, 2.45) is 0 Å². The number of nitrogens with one attached hydrogen (secondary N) is 1. The van der Waals surface area contributed by atoms with Crippen molar-refractivity contribution >= 4 is 11.7 Å². The molecule has 2 N–H and O–H groups in total. The number of carbonyl (C=O) groups excluding carboxylic acids is 1. The largest absolute Gasteiger partial charge is 0.384 e. The van der Waals surface area contributed by atoms with Crippen LogP contribution in [0.5, 0.6) is 0 Å². The lowest BCUT2D eigenvalue weighted by Crippen LogP contribution is -2.08. The minimum absolute atomic E-state index is 0.156. The summed E-state index contributed by atoms with van der Waals surface area (Å²) in [5.41, 5.74) is 1.47. The SMILES string of the molecule is CC(=O)Nc1ccc(C#CCO)c(C)n1. The van der Waals surface area contributed by atoms with E-state index in [4.69, 9.17) is 5.11 Å². The third-order valence-electron chi connectivity index (χ3n) is 1.69. The lowest BCUT2D eigenvalue weighted by molar-refractivity contribution is -0.114. The predicted molar refractivity (Wildman–Crippen MR) is 57.2 cm³/mol. The highest BCUT2D eigenvalue weighted by molar-refractivity contribution is 5.87. The van der Waals surface area contributed by atoms with Gasteiger partial charge in [-0.1, -0.05) is 11.8 Å². The van der Waals surface area contributed by atoms with Crippen LogP contribution in [-0.2, 0) is 4.79 Å². The van der Waals surface area contributed by atoms with Crippen LogP contribution in [0.15, 0.2) is 12.1 Å². The Morgan fingerprint density at radius 3 is 2.87 bits per heavy atom. The Hall–Kier alpha value is -1.86. The molecule has 0 saturated carbocycles. The van der Waals surface area contributed by atoms with Gasteiger partial charge in [0.05, 0.1) is 5.69 Å². The van der Waals surface area contributed by atoms with Crippen LogP contribution < -0.4 is 5.32 Å². The maximum Gasteiger partial charge on any atom is 0.222 e. The molecule has 4 heteroatoms. The average molecular weight is 204 g/mol. The molecular weight excluding hydrogens is 192 g/mol. The van der Waals surface area contributed by atoms with Crippen LogP contribution in [-0.4, -0.2) is 22.6 Å². The van der Waals surface area contributed by atoms with Gasteiger partial charge in [0.15, 0.2) is 0 Å². The third kappa shape index (κ3) is 3.41. The summed E-state index contributed by atoms with van der Waals surface area (Å²) in [4.78, 5) is 14.9. The van der Waals surface area contributed by atoms with Crippen molar-refractivity contribution in [3.63, 3.8) is 0 Å². The van der Waals surface area contributed by atoms with Gasteiger partial charge in [-0.05, 0) is 19.1 Å². The predicted octanol–water partition coefficient (Wildman–Crippen LogP) is 0.692. The molecule has 0 aromatic carbocycles. The summed E-state index contributed by atoms with van der Waals surface area (Å²) in [6.07, 6.45) is 0. The number of hydrogen-bond donors (Lipinski definition) is 2. The molecule has 15 heavy (non-hydrogen) atoms. The molecule has 1 heterocycles. The fourth-order valence-corrected chi connectivity index (χ4v) is 1.08. The average Bonchev–Trinajstić information content (AvgIpc) is 2.15. The Kier molecular flexibility index (Phi) is 3.83. The molecule has 1 rings (SSSR count). The Morgan fingerprint density at radius 1 is 1.60 bits per heavy atom. The topological polar surface area (TPSA) is 62.2 Å². The summed E-state index contributed by atoms with van der Waals surface area (Å²) >= 11 is 0. The third-order valence-corrected chi connectivity index (χ3v) is 1.69. The van der Waals surface area contributed by atoms with Gasteiger partial charge in [0.1, 0.15) is 12.4 Å². The molecule has 1 amide bonds. The summed E-state index contributed by atoms with van der Waals surface area (Å²) in [5, 5.41) is 11.1. The summed E-state index contributed by atoms with van der Waals surface area (Å²) in [5.74, 6) is 5.66. The van der Waals surface area contributed by atoms with E-state index in [1.807, 2.05) is 0 Å². The molecule has 0 atom stereocenters. The van der Waals surface area contributed by atoms with E-state index in [0.717, 1.165) is 11.3 Å². The smallest absolute Gasteiger partial charge is 0.222 e. The highest BCUT2D eigenvalue weighted by atomic mass is 16.2. The number of aliphatic hydroxyl groups is 1. The minimum atomic E-state index is -0.174. The van der Waals surface area contributed by atoms with Crippen molar-refractivity contribution in [1.82, 2.24) is 4.98 Å². The van der Waals surface area contributed by atoms with Gasteiger partial charge in [-0.2, -0.15) is 0 Å². The monoisotopic (exact) mass is 204 g/mol. The Morgan fingerprint density at radius 2 is 2.33 bits per heavy atom. The van der Waals surface area contributed by atoms with E-state index in [2.05, 4.69) is 22.1 Å². The van der Waals surface area contributed by atoms with Gasteiger partial charge < -0.3 is 10.4 Å². The van der Waals surface area contributed by atoms with E-state index >= 15 is 0 Å². The van der Waals surface area contributed by atoms with Crippen molar-refractivity contribution in [1.29, 1.82) is 0 Å². The number of carbonyl (C=O) groups is 1. The van der Waals surface area contributed by atoms with Gasteiger partial charge in [0, 0.05) is 12.5 Å². The molecule has 4 nitrogen and oxygen atoms in total. The van der Waals surface area contributed by atoms with Crippen LogP contribution in [0.25, 0.3) is 0 Å². The number of aliphatic hydroxyl groups excluding tert-OH is 1. The van der Waals surface area contributed by atoms with Crippen LogP contribution in [0, 0.1) is 18.8 Å². The number of nitrogens with zero attached hydrogens (tertiary/aromatic N) is 1. The first-order valence-corrected chi connectivity index (χ1v) is 4.48. The Balaban J connectivity index is 2.92. The second-order valence-corrected chi connectivity index (χ2v) is 2.97. The maximum absolute atomic E-state index is 10.8. The lowest BCUT2D eigenvalue weighted by atomic mass is 10.2. The number of hydrogen-bond acceptors (Lipinski definition) is 3. The van der Waals surface area contributed by atoms with Crippen molar-refractivity contribution in [2.45, 2.75) is 13.8 Å². The molecule has 0 fully saturated rings. The van der Waals surface area contributed by atoms with Crippen LogP contribution in [0.4, 0.5) is 5.82 Å². The summed E-state index contributed by atoms with van der Waals surface area (Å²) in [7, 11) is 0. The van der Waals surface area contributed by atoms with Crippen LogP contribution in [0.3, 0.4) is 0 Å². The van der Waals surface area contributed by atoms with Crippen LogP contribution in [0.1, 0.15) is 18.2 Å². The molecule has 0 unspecified atom stereocenters. The van der Waals surface area contributed by atoms with E-state index in [1.165, 1.54) is 6.92 Å². The zero-order chi connectivity index (χ0) is 11.3. The molecule has 78 valence electrons. The number of rotatable bonds is 1. The molecule has 0 spiro atoms. The van der Waals surface area contributed by atoms with Gasteiger partial charge >= 0.3 is 0 Å². The molecule has 0 aliphatic rings. The number of aromatic nitrogens is 1. The minimum Gasteiger partial charge on any atom is -0.384 e. The summed E-state index contributed by atoms with van der Waals surface area (Å²) in [6.45, 7) is 3.05. The normalized spacial score (nSPS) is 9.00. The number of anilines is 1. The van der Waals surface area contributed by atoms with E-state index < -0.39 is 0 Å². The Labute approximate surface area is 88.3 Å². The lowest BCUT2D eigenvalue weighted by Gasteiger charge is -2.03. The van der Waals surface area contributed by atoms with Crippen molar-refractivity contribution in [3.8, 4) is 11.8 Å². The standard InChI is InChI=1S/C11H12N2O2/c1-8-10(4-3-7-14)5-6-11(12-8)13-9(2)15/h5-6,14H,7H2,1-2H3,(H,12,13,15). The van der Waals surface area contributed by atoms with Gasteiger partial charge in [0.25, 0.3) is 0 Å². The van der Waals surface area contributed by atoms with Gasteiger partial charge in [-0.3, -0.25) is 4.79 Å². The summed E-state index contributed by atoms with van der Waals surface area (Å²) < 4.78 is 0. The van der Waals surface area contributed by atoms with Gasteiger partial charge in [0.2, 0.25) is 5.91 Å². The number of amides is 1. The van der Waals surface area contributed by atoms with Crippen LogP contribution >= 0.6 is 0 Å². The molecular formula is C11H12N2O2. The molecule has 0 bridgehead atoms. The highest BCUT2D eigenvalue weighted by Crippen LogP contribution is 2.09. The second-order valence-electron chi connectivity index (χ2n) is 2.97. The molecule has 0 aliphatic carbocycles. The zero-order valence-corrected chi connectivity index (χ0v) is 8.66. The highest BCUT2D eigenvalue weighted by Gasteiger charge is 2.00. The second kappa shape index (κ2) is 5.13. The van der Waals surface area contributed by atoms with E-state index in [-0.39, 0.29) is 12.5 Å². The molecule has 0 saturated heterocycles. The van der Waals surface area contributed by atoms with E-state index in [1.54, 1.807) is 19.1 Å². The Bertz CT molecular complexity index is 430.